The minimum atomic E-state index is -0.260. The molecule has 4 heteroatoms. The summed E-state index contributed by atoms with van der Waals surface area (Å²) >= 11 is 0. The largest absolute Gasteiger partial charge is 0.361 e. The summed E-state index contributed by atoms with van der Waals surface area (Å²) < 4.78 is 5.11. The van der Waals surface area contributed by atoms with Crippen LogP contribution >= 0.6 is 0 Å². The molecule has 1 heterocycles. The summed E-state index contributed by atoms with van der Waals surface area (Å²) in [6.45, 7) is 3.72. The minimum absolute atomic E-state index is 0.260. The summed E-state index contributed by atoms with van der Waals surface area (Å²) in [6, 6.07) is 11.5. The molecular weight excluding hydrogens is 238 g/mol. The van der Waals surface area contributed by atoms with E-state index in [1.165, 1.54) is 0 Å². The molecule has 1 aromatic heterocycles. The highest BCUT2D eigenvalue weighted by Crippen LogP contribution is 2.24. The molecule has 0 bridgehead atoms. The highest BCUT2D eigenvalue weighted by molar-refractivity contribution is 5.36. The van der Waals surface area contributed by atoms with Crippen molar-refractivity contribution in [3.8, 4) is 12.1 Å². The van der Waals surface area contributed by atoms with Crippen LogP contribution in [0.4, 0.5) is 0 Å². The van der Waals surface area contributed by atoms with Crippen LogP contribution in [-0.2, 0) is 6.42 Å². The molecule has 1 aromatic carbocycles. The van der Waals surface area contributed by atoms with Crippen molar-refractivity contribution in [1.29, 1.82) is 10.5 Å². The number of hydrogen-bond donors (Lipinski definition) is 0. The lowest BCUT2D eigenvalue weighted by Crippen LogP contribution is -2.02. The number of nitrogens with zero attached hydrogens (tertiary/aromatic N) is 3. The molecule has 1 atom stereocenters. The van der Waals surface area contributed by atoms with E-state index in [2.05, 4.69) is 17.3 Å². The lowest BCUT2D eigenvalue weighted by atomic mass is 9.92. The Labute approximate surface area is 111 Å². The van der Waals surface area contributed by atoms with Gasteiger partial charge in [0.15, 0.2) is 0 Å². The van der Waals surface area contributed by atoms with Crippen molar-refractivity contribution in [3.63, 3.8) is 0 Å². The summed E-state index contributed by atoms with van der Waals surface area (Å²) in [7, 11) is 0. The van der Waals surface area contributed by atoms with Gasteiger partial charge in [-0.05, 0) is 38.0 Å². The maximum atomic E-state index is 9.32. The van der Waals surface area contributed by atoms with E-state index in [0.29, 0.717) is 12.0 Å². The molecule has 4 nitrogen and oxygen atoms in total. The normalized spacial score (nSPS) is 11.6. The van der Waals surface area contributed by atoms with Crippen LogP contribution in [0, 0.1) is 36.5 Å². The van der Waals surface area contributed by atoms with Gasteiger partial charge in [0, 0.05) is 5.56 Å². The molecule has 2 rings (SSSR count). The first-order chi connectivity index (χ1) is 9.15. The van der Waals surface area contributed by atoms with Crippen molar-refractivity contribution in [2.45, 2.75) is 26.2 Å². The first-order valence-corrected chi connectivity index (χ1v) is 5.97. The lowest BCUT2D eigenvalue weighted by Gasteiger charge is -2.09. The van der Waals surface area contributed by atoms with Gasteiger partial charge in [0.2, 0.25) is 0 Å². The van der Waals surface area contributed by atoms with E-state index in [1.54, 1.807) is 12.1 Å². The summed E-state index contributed by atoms with van der Waals surface area (Å²) in [5, 5.41) is 22.0. The van der Waals surface area contributed by atoms with Crippen LogP contribution in [0.1, 0.15) is 34.1 Å². The third-order valence-electron chi connectivity index (χ3n) is 3.19. The number of nitriles is 2. The second-order valence-electron chi connectivity index (χ2n) is 4.42. The Morgan fingerprint density at radius 1 is 1.21 bits per heavy atom. The van der Waals surface area contributed by atoms with Gasteiger partial charge in [-0.25, -0.2) is 0 Å². The van der Waals surface area contributed by atoms with Crippen molar-refractivity contribution >= 4 is 0 Å². The zero-order valence-corrected chi connectivity index (χ0v) is 10.8. The molecule has 94 valence electrons. The highest BCUT2D eigenvalue weighted by atomic mass is 16.5. The van der Waals surface area contributed by atoms with E-state index in [4.69, 9.17) is 9.78 Å². The van der Waals surface area contributed by atoms with Gasteiger partial charge < -0.3 is 4.52 Å². The number of aromatic nitrogens is 1. The second-order valence-corrected chi connectivity index (χ2v) is 4.42. The Bertz CT molecular complexity index is 637. The van der Waals surface area contributed by atoms with Gasteiger partial charge in [0.25, 0.3) is 0 Å². The van der Waals surface area contributed by atoms with Crippen LogP contribution < -0.4 is 0 Å². The van der Waals surface area contributed by atoms with E-state index in [-0.39, 0.29) is 5.92 Å². The Balaban J connectivity index is 2.26. The Kier molecular flexibility index (Phi) is 3.63. The molecule has 0 saturated carbocycles. The van der Waals surface area contributed by atoms with Gasteiger partial charge in [-0.15, -0.1) is 0 Å². The van der Waals surface area contributed by atoms with Gasteiger partial charge in [-0.1, -0.05) is 17.3 Å². The molecule has 0 aliphatic carbocycles. The fourth-order valence-electron chi connectivity index (χ4n) is 2.03. The molecule has 0 aliphatic heterocycles. The molecule has 0 saturated heterocycles. The van der Waals surface area contributed by atoms with E-state index < -0.39 is 0 Å². The van der Waals surface area contributed by atoms with Crippen molar-refractivity contribution in [2.24, 2.45) is 0 Å². The topological polar surface area (TPSA) is 73.6 Å². The average Bonchev–Trinajstić information content (AvgIpc) is 2.76. The quantitative estimate of drug-likeness (QED) is 0.840. The van der Waals surface area contributed by atoms with Crippen molar-refractivity contribution in [2.75, 3.05) is 0 Å². The zero-order valence-electron chi connectivity index (χ0n) is 10.8. The van der Waals surface area contributed by atoms with Crippen LogP contribution in [0.15, 0.2) is 28.8 Å². The molecular formula is C15H13N3O. The maximum absolute atomic E-state index is 9.32. The lowest BCUT2D eigenvalue weighted by molar-refractivity contribution is 0.392. The smallest absolute Gasteiger partial charge is 0.137 e. The molecule has 0 fully saturated rings. The predicted molar refractivity (Wildman–Crippen MR) is 69.2 cm³/mol. The highest BCUT2D eigenvalue weighted by Gasteiger charge is 2.17. The maximum Gasteiger partial charge on any atom is 0.137 e. The molecule has 2 aromatic rings. The van der Waals surface area contributed by atoms with E-state index in [1.807, 2.05) is 26.0 Å². The number of rotatable bonds is 3. The standard InChI is InChI=1S/C15H13N3O/c1-10-15(11(2)19-18-10)7-14(9-17)13-5-3-12(8-16)4-6-13/h3-6,14H,7H2,1-2H3. The third-order valence-corrected chi connectivity index (χ3v) is 3.19. The van der Waals surface area contributed by atoms with Crippen LogP contribution in [0.3, 0.4) is 0 Å². The van der Waals surface area contributed by atoms with Crippen LogP contribution in [0.2, 0.25) is 0 Å². The van der Waals surface area contributed by atoms with Crippen LogP contribution in [0.5, 0.6) is 0 Å². The molecule has 1 unspecified atom stereocenters. The average molecular weight is 251 g/mol. The first kappa shape index (κ1) is 12.9. The van der Waals surface area contributed by atoms with E-state index in [9.17, 15) is 5.26 Å². The number of benzene rings is 1. The number of aryl methyl sites for hydroxylation is 2. The summed E-state index contributed by atoms with van der Waals surface area (Å²) in [5.41, 5.74) is 3.31. The SMILES string of the molecule is Cc1noc(C)c1CC(C#N)c1ccc(C#N)cc1. The predicted octanol–water partition coefficient (Wildman–Crippen LogP) is 3.01. The Morgan fingerprint density at radius 3 is 2.37 bits per heavy atom. The van der Waals surface area contributed by atoms with Gasteiger partial charge in [-0.3, -0.25) is 0 Å². The van der Waals surface area contributed by atoms with Gasteiger partial charge in [0.05, 0.1) is 29.3 Å². The summed E-state index contributed by atoms with van der Waals surface area (Å²) in [6.07, 6.45) is 0.573. The summed E-state index contributed by atoms with van der Waals surface area (Å²) in [5.74, 6) is 0.496. The molecule has 19 heavy (non-hydrogen) atoms. The third kappa shape index (κ3) is 2.64. The number of hydrogen-bond acceptors (Lipinski definition) is 4. The Hall–Kier alpha value is -2.59. The fourth-order valence-corrected chi connectivity index (χ4v) is 2.03. The molecule has 0 spiro atoms. The van der Waals surface area contributed by atoms with Crippen LogP contribution in [-0.4, -0.2) is 5.16 Å². The zero-order chi connectivity index (χ0) is 13.8. The van der Waals surface area contributed by atoms with Crippen LogP contribution in [0.25, 0.3) is 0 Å². The van der Waals surface area contributed by atoms with Crippen molar-refractivity contribution < 1.29 is 4.52 Å². The fraction of sp³-hybridized carbons (Fsp3) is 0.267. The first-order valence-electron chi connectivity index (χ1n) is 5.97. The van der Waals surface area contributed by atoms with Crippen molar-refractivity contribution in [1.82, 2.24) is 5.16 Å². The molecule has 0 aliphatic rings. The molecule has 0 radical (unpaired) electrons. The van der Waals surface area contributed by atoms with E-state index >= 15 is 0 Å². The van der Waals surface area contributed by atoms with E-state index in [0.717, 1.165) is 22.6 Å². The van der Waals surface area contributed by atoms with Gasteiger partial charge in [0.1, 0.15) is 5.76 Å². The van der Waals surface area contributed by atoms with Gasteiger partial charge >= 0.3 is 0 Å². The second kappa shape index (κ2) is 5.37. The molecule has 0 amide bonds. The van der Waals surface area contributed by atoms with Gasteiger partial charge in [-0.2, -0.15) is 10.5 Å². The van der Waals surface area contributed by atoms with Crippen molar-refractivity contribution in [3.05, 3.63) is 52.4 Å². The Morgan fingerprint density at radius 2 is 1.89 bits per heavy atom. The monoisotopic (exact) mass is 251 g/mol. The summed E-state index contributed by atoms with van der Waals surface area (Å²) in [4.78, 5) is 0. The molecule has 0 N–H and O–H groups in total. The minimum Gasteiger partial charge on any atom is -0.361 e.